The van der Waals surface area contributed by atoms with E-state index in [9.17, 15) is 4.39 Å². The predicted octanol–water partition coefficient (Wildman–Crippen LogP) is 3.26. The number of nitrogens with one attached hydrogen (secondary N) is 2. The Balaban J connectivity index is 1.83. The third kappa shape index (κ3) is 5.37. The molecule has 1 aromatic carbocycles. The molecular formula is C18H26FN5. The molecule has 0 amide bonds. The van der Waals surface area contributed by atoms with E-state index in [0.717, 1.165) is 24.5 Å². The standard InChI is InChI=1S/C18H26FN5/c1-3-4-5-6-9-22-18(20-2)23-13-15-7-8-17(16(19)12-15)24-11-10-21-14-24/h7-8,10-12,14H,3-6,9,13H2,1-2H3,(H2,20,22,23). The number of benzene rings is 1. The molecule has 0 spiro atoms. The van der Waals surface area contributed by atoms with Crippen LogP contribution in [0.4, 0.5) is 4.39 Å². The van der Waals surface area contributed by atoms with Crippen molar-refractivity contribution in [3.05, 3.63) is 48.3 Å². The summed E-state index contributed by atoms with van der Waals surface area (Å²) >= 11 is 0. The second-order valence-corrected chi connectivity index (χ2v) is 5.67. The number of imidazole rings is 1. The fraction of sp³-hybridized carbons (Fsp3) is 0.444. The molecule has 0 aliphatic heterocycles. The minimum atomic E-state index is -0.269. The second kappa shape index (κ2) is 9.70. The zero-order valence-corrected chi connectivity index (χ0v) is 14.4. The van der Waals surface area contributed by atoms with E-state index in [4.69, 9.17) is 0 Å². The van der Waals surface area contributed by atoms with Gasteiger partial charge in [0.25, 0.3) is 0 Å². The van der Waals surface area contributed by atoms with Crippen molar-refractivity contribution in [2.24, 2.45) is 4.99 Å². The molecular weight excluding hydrogens is 305 g/mol. The molecule has 0 saturated heterocycles. The summed E-state index contributed by atoms with van der Waals surface area (Å²) in [6, 6.07) is 5.20. The number of nitrogens with zero attached hydrogens (tertiary/aromatic N) is 3. The van der Waals surface area contributed by atoms with Gasteiger partial charge in [-0.05, 0) is 24.1 Å². The van der Waals surface area contributed by atoms with Gasteiger partial charge in [0.05, 0.1) is 12.0 Å². The number of halogens is 1. The lowest BCUT2D eigenvalue weighted by Gasteiger charge is -2.12. The molecule has 0 fully saturated rings. The topological polar surface area (TPSA) is 54.2 Å². The molecule has 5 nitrogen and oxygen atoms in total. The Morgan fingerprint density at radius 1 is 1.25 bits per heavy atom. The summed E-state index contributed by atoms with van der Waals surface area (Å²) in [6.07, 6.45) is 9.78. The van der Waals surface area contributed by atoms with Crippen LogP contribution in [0.5, 0.6) is 0 Å². The summed E-state index contributed by atoms with van der Waals surface area (Å²) in [5, 5.41) is 6.49. The van der Waals surface area contributed by atoms with Gasteiger partial charge in [-0.2, -0.15) is 0 Å². The van der Waals surface area contributed by atoms with Crippen LogP contribution in [-0.2, 0) is 6.54 Å². The molecule has 0 atom stereocenters. The van der Waals surface area contributed by atoms with Crippen molar-refractivity contribution in [3.8, 4) is 5.69 Å². The first-order valence-corrected chi connectivity index (χ1v) is 8.46. The second-order valence-electron chi connectivity index (χ2n) is 5.67. The van der Waals surface area contributed by atoms with E-state index in [-0.39, 0.29) is 5.82 Å². The van der Waals surface area contributed by atoms with E-state index in [0.29, 0.717) is 12.2 Å². The van der Waals surface area contributed by atoms with Crippen molar-refractivity contribution in [1.29, 1.82) is 0 Å². The summed E-state index contributed by atoms with van der Waals surface area (Å²) in [5.74, 6) is 0.473. The van der Waals surface area contributed by atoms with Crippen LogP contribution >= 0.6 is 0 Å². The lowest BCUT2D eigenvalue weighted by Crippen LogP contribution is -2.37. The van der Waals surface area contributed by atoms with E-state index in [1.807, 2.05) is 6.07 Å². The summed E-state index contributed by atoms with van der Waals surface area (Å²) < 4.78 is 15.9. The molecule has 6 heteroatoms. The van der Waals surface area contributed by atoms with Crippen LogP contribution in [0.25, 0.3) is 5.69 Å². The minimum Gasteiger partial charge on any atom is -0.356 e. The maximum Gasteiger partial charge on any atom is 0.191 e. The molecule has 0 radical (unpaired) electrons. The van der Waals surface area contributed by atoms with Crippen LogP contribution in [0.15, 0.2) is 41.9 Å². The average molecular weight is 331 g/mol. The Morgan fingerprint density at radius 3 is 2.79 bits per heavy atom. The van der Waals surface area contributed by atoms with Crippen LogP contribution < -0.4 is 10.6 Å². The van der Waals surface area contributed by atoms with Gasteiger partial charge in [-0.1, -0.05) is 32.3 Å². The third-order valence-electron chi connectivity index (χ3n) is 3.80. The molecule has 2 N–H and O–H groups in total. The van der Waals surface area contributed by atoms with Gasteiger partial charge in [-0.25, -0.2) is 9.37 Å². The van der Waals surface area contributed by atoms with Crippen LogP contribution in [-0.4, -0.2) is 29.1 Å². The molecule has 0 saturated carbocycles. The van der Waals surface area contributed by atoms with Gasteiger partial charge in [-0.15, -0.1) is 0 Å². The average Bonchev–Trinajstić information content (AvgIpc) is 3.11. The van der Waals surface area contributed by atoms with Gasteiger partial charge in [-0.3, -0.25) is 4.99 Å². The summed E-state index contributed by atoms with van der Waals surface area (Å²) in [7, 11) is 1.74. The Morgan fingerprint density at radius 2 is 2.12 bits per heavy atom. The first-order chi connectivity index (χ1) is 11.7. The number of hydrogen-bond donors (Lipinski definition) is 2. The zero-order chi connectivity index (χ0) is 17.2. The molecule has 1 aromatic heterocycles. The lowest BCUT2D eigenvalue weighted by molar-refractivity contribution is 0.614. The van der Waals surface area contributed by atoms with Crippen molar-refractivity contribution in [2.45, 2.75) is 39.2 Å². The maximum atomic E-state index is 14.2. The maximum absolute atomic E-state index is 14.2. The largest absolute Gasteiger partial charge is 0.356 e. The minimum absolute atomic E-state index is 0.269. The van der Waals surface area contributed by atoms with Gasteiger partial charge in [0.2, 0.25) is 0 Å². The quantitative estimate of drug-likeness (QED) is 0.443. The van der Waals surface area contributed by atoms with Crippen LogP contribution in [0.2, 0.25) is 0 Å². The molecule has 0 unspecified atom stereocenters. The Labute approximate surface area is 143 Å². The van der Waals surface area contributed by atoms with Crippen molar-refractivity contribution in [1.82, 2.24) is 20.2 Å². The van der Waals surface area contributed by atoms with E-state index >= 15 is 0 Å². The van der Waals surface area contributed by atoms with Crippen molar-refractivity contribution < 1.29 is 4.39 Å². The van der Waals surface area contributed by atoms with Crippen molar-refractivity contribution >= 4 is 5.96 Å². The van der Waals surface area contributed by atoms with Gasteiger partial charge in [0.15, 0.2) is 5.96 Å². The van der Waals surface area contributed by atoms with E-state index in [2.05, 4.69) is 27.5 Å². The molecule has 1 heterocycles. The van der Waals surface area contributed by atoms with Gasteiger partial charge in [0, 0.05) is 32.5 Å². The monoisotopic (exact) mass is 331 g/mol. The van der Waals surface area contributed by atoms with Gasteiger partial charge < -0.3 is 15.2 Å². The first-order valence-electron chi connectivity index (χ1n) is 8.46. The van der Waals surface area contributed by atoms with E-state index in [1.54, 1.807) is 36.4 Å². The fourth-order valence-electron chi connectivity index (χ4n) is 2.44. The highest BCUT2D eigenvalue weighted by Gasteiger charge is 2.06. The zero-order valence-electron chi connectivity index (χ0n) is 14.4. The summed E-state index contributed by atoms with van der Waals surface area (Å²) in [5.41, 5.74) is 1.36. The number of rotatable bonds is 8. The number of aliphatic imine (C=N–C) groups is 1. The number of hydrogen-bond acceptors (Lipinski definition) is 2. The summed E-state index contributed by atoms with van der Waals surface area (Å²) in [4.78, 5) is 8.13. The number of unbranched alkanes of at least 4 members (excludes halogenated alkanes) is 3. The Kier molecular flexibility index (Phi) is 7.26. The normalized spacial score (nSPS) is 11.5. The third-order valence-corrected chi connectivity index (χ3v) is 3.80. The van der Waals surface area contributed by atoms with Crippen LogP contribution in [0.3, 0.4) is 0 Å². The molecule has 2 rings (SSSR count). The molecule has 0 aliphatic carbocycles. The predicted molar refractivity (Wildman–Crippen MR) is 95.9 cm³/mol. The van der Waals surface area contributed by atoms with Crippen molar-refractivity contribution in [3.63, 3.8) is 0 Å². The van der Waals surface area contributed by atoms with Crippen LogP contribution in [0.1, 0.15) is 38.2 Å². The summed E-state index contributed by atoms with van der Waals surface area (Å²) in [6.45, 7) is 3.62. The SMILES string of the molecule is CCCCCCNC(=NC)NCc1ccc(-n2ccnc2)c(F)c1. The fourth-order valence-corrected chi connectivity index (χ4v) is 2.44. The Hall–Kier alpha value is -2.37. The van der Waals surface area contributed by atoms with Crippen LogP contribution in [0, 0.1) is 5.82 Å². The molecule has 130 valence electrons. The van der Waals surface area contributed by atoms with E-state index < -0.39 is 0 Å². The number of aromatic nitrogens is 2. The molecule has 24 heavy (non-hydrogen) atoms. The molecule has 0 bridgehead atoms. The highest BCUT2D eigenvalue weighted by molar-refractivity contribution is 5.79. The smallest absolute Gasteiger partial charge is 0.191 e. The Bertz CT molecular complexity index is 637. The molecule has 0 aliphatic rings. The van der Waals surface area contributed by atoms with E-state index in [1.165, 1.54) is 25.3 Å². The first kappa shape index (κ1) is 18.0. The van der Waals surface area contributed by atoms with Gasteiger partial charge >= 0.3 is 0 Å². The van der Waals surface area contributed by atoms with Gasteiger partial charge in [0.1, 0.15) is 5.82 Å². The molecule has 2 aromatic rings. The van der Waals surface area contributed by atoms with Crippen molar-refractivity contribution in [2.75, 3.05) is 13.6 Å². The highest BCUT2D eigenvalue weighted by atomic mass is 19.1. The highest BCUT2D eigenvalue weighted by Crippen LogP contribution is 2.14. The number of guanidine groups is 1. The lowest BCUT2D eigenvalue weighted by atomic mass is 10.2.